The fourth-order valence-corrected chi connectivity index (χ4v) is 1.08. The minimum atomic E-state index is -4.59. The van der Waals surface area contributed by atoms with Crippen LogP contribution in [0, 0.1) is 0 Å². The molecule has 0 spiro atoms. The van der Waals surface area contributed by atoms with Gasteiger partial charge in [-0.1, -0.05) is 0 Å². The molecule has 0 aromatic rings. The number of ketones is 1. The molecule has 0 aliphatic rings. The lowest BCUT2D eigenvalue weighted by atomic mass is 10.1. The van der Waals surface area contributed by atoms with Gasteiger partial charge in [-0.25, -0.2) is 8.78 Å². The molecule has 0 bridgehead atoms. The Kier molecular flexibility index (Phi) is 4.94. The van der Waals surface area contributed by atoms with Crippen LogP contribution in [-0.2, 0) is 9.59 Å². The molecule has 0 unspecified atom stereocenters. The van der Waals surface area contributed by atoms with Crippen LogP contribution in [0.25, 0.3) is 0 Å². The van der Waals surface area contributed by atoms with Crippen LogP contribution >= 0.6 is 11.6 Å². The van der Waals surface area contributed by atoms with E-state index >= 15 is 0 Å². The maximum Gasteiger partial charge on any atom is 0.385 e. The molecule has 4 nitrogen and oxygen atoms in total. The van der Waals surface area contributed by atoms with Crippen LogP contribution in [0.4, 0.5) is 17.6 Å². The number of carboxylic acid groups (broad SMARTS) is 1. The van der Waals surface area contributed by atoms with Gasteiger partial charge >= 0.3 is 5.38 Å². The van der Waals surface area contributed by atoms with E-state index in [2.05, 4.69) is 11.6 Å². The fraction of sp³-hybridized carbons (Fsp3) is 0.500. The van der Waals surface area contributed by atoms with Gasteiger partial charge in [-0.15, -0.1) is 0 Å². The molecule has 0 heterocycles. The topological polar surface area (TPSA) is 60.4 Å². The number of alkyl halides is 5. The summed E-state index contributed by atoms with van der Waals surface area (Å²) in [4.78, 5) is 22.0. The second-order valence-corrected chi connectivity index (χ2v) is 3.54. The molecule has 0 radical (unpaired) electrons. The molecule has 9 heteroatoms. The monoisotopic (exact) mass is 276 g/mol. The number of hydrogen-bond acceptors (Lipinski definition) is 4. The van der Waals surface area contributed by atoms with Crippen molar-refractivity contribution in [2.24, 2.45) is 0 Å². The van der Waals surface area contributed by atoms with Crippen molar-refractivity contribution in [1.29, 1.82) is 0 Å². The van der Waals surface area contributed by atoms with Gasteiger partial charge in [-0.05, 0) is 11.6 Å². The van der Waals surface area contributed by atoms with Crippen LogP contribution in [0.3, 0.4) is 0 Å². The third-order valence-electron chi connectivity index (χ3n) is 1.63. The molecule has 0 aromatic heterocycles. The summed E-state index contributed by atoms with van der Waals surface area (Å²) in [5.41, 5.74) is -3.24. The molecule has 0 atom stereocenters. The number of nitrogens with zero attached hydrogens (tertiary/aromatic N) is 1. The lowest BCUT2D eigenvalue weighted by Gasteiger charge is -2.22. The number of Topliss-reactive ketones (excluding diaryl/α,β-unsaturated/α-hetero) is 1. The molecule has 0 aromatic carbocycles. The molecule has 98 valence electrons. The number of rotatable bonds is 5. The average Bonchev–Trinajstić information content (AvgIpc) is 2.09. The first-order chi connectivity index (χ1) is 7.50. The van der Waals surface area contributed by atoms with Gasteiger partial charge in [0.15, 0.2) is 0 Å². The largest absolute Gasteiger partial charge is 0.545 e. The van der Waals surface area contributed by atoms with Crippen molar-refractivity contribution in [2.75, 3.05) is 14.1 Å². The number of aliphatic carboxylic acids is 1. The first-order valence-corrected chi connectivity index (χ1v) is 4.40. The Morgan fingerprint density at radius 3 is 1.88 bits per heavy atom. The second kappa shape index (κ2) is 5.35. The van der Waals surface area contributed by atoms with Crippen LogP contribution < -0.4 is 5.11 Å². The molecule has 0 saturated carbocycles. The third-order valence-corrected chi connectivity index (χ3v) is 1.80. The molecule has 0 rings (SSSR count). The van der Waals surface area contributed by atoms with Gasteiger partial charge in [0.1, 0.15) is 0 Å². The van der Waals surface area contributed by atoms with E-state index in [0.717, 1.165) is 14.1 Å². The zero-order valence-corrected chi connectivity index (χ0v) is 9.40. The van der Waals surface area contributed by atoms with E-state index in [4.69, 9.17) is 0 Å². The minimum Gasteiger partial charge on any atom is -0.545 e. The molecule has 0 saturated heterocycles. The molecule has 0 N–H and O–H groups in total. The van der Waals surface area contributed by atoms with Crippen molar-refractivity contribution in [2.45, 2.75) is 11.8 Å². The predicted molar refractivity (Wildman–Crippen MR) is 47.5 cm³/mol. The number of hydrogen-bond donors (Lipinski definition) is 0. The molecule has 0 aliphatic carbocycles. The Morgan fingerprint density at radius 2 is 1.71 bits per heavy atom. The van der Waals surface area contributed by atoms with Gasteiger partial charge in [0.2, 0.25) is 0 Å². The number of carbonyl (C=O) groups excluding carboxylic acids is 2. The standard InChI is InChI=1S/C8H8ClF4NO3/c1-14(2)4(6(10)11)3(7(16)17)5(15)8(9,12)13/h6H,1-2H3,(H,16,17)/p-1. The Morgan fingerprint density at radius 1 is 1.29 bits per heavy atom. The van der Waals surface area contributed by atoms with Crippen molar-refractivity contribution in [3.63, 3.8) is 0 Å². The van der Waals surface area contributed by atoms with E-state index in [1.165, 1.54) is 0 Å². The maximum absolute atomic E-state index is 12.5. The van der Waals surface area contributed by atoms with Crippen molar-refractivity contribution >= 4 is 23.4 Å². The number of carboxylic acids is 1. The summed E-state index contributed by atoms with van der Waals surface area (Å²) in [6.45, 7) is 0. The summed E-state index contributed by atoms with van der Waals surface area (Å²) in [6, 6.07) is 0. The van der Waals surface area contributed by atoms with E-state index < -0.39 is 34.8 Å². The fourth-order valence-electron chi connectivity index (χ4n) is 0.983. The van der Waals surface area contributed by atoms with Gasteiger partial charge < -0.3 is 14.8 Å². The van der Waals surface area contributed by atoms with Gasteiger partial charge in [-0.3, -0.25) is 4.79 Å². The van der Waals surface area contributed by atoms with Gasteiger partial charge in [0.05, 0.1) is 17.2 Å². The Labute approximate surface area is 98.4 Å². The van der Waals surface area contributed by atoms with E-state index in [1.54, 1.807) is 0 Å². The van der Waals surface area contributed by atoms with Gasteiger partial charge in [-0.2, -0.15) is 8.78 Å². The molecule has 17 heavy (non-hydrogen) atoms. The van der Waals surface area contributed by atoms with Crippen molar-refractivity contribution in [3.8, 4) is 0 Å². The molecule has 0 fully saturated rings. The van der Waals surface area contributed by atoms with Crippen molar-refractivity contribution in [1.82, 2.24) is 4.90 Å². The Hall–Kier alpha value is -1.31. The van der Waals surface area contributed by atoms with Gasteiger partial charge in [0, 0.05) is 14.1 Å². The smallest absolute Gasteiger partial charge is 0.385 e. The maximum atomic E-state index is 12.5. The average molecular weight is 277 g/mol. The Balaban J connectivity index is 5.88. The number of carbonyl (C=O) groups is 2. The van der Waals surface area contributed by atoms with Crippen LogP contribution in [0.2, 0.25) is 0 Å². The highest BCUT2D eigenvalue weighted by Gasteiger charge is 2.41. The highest BCUT2D eigenvalue weighted by Crippen LogP contribution is 2.27. The van der Waals surface area contributed by atoms with Crippen molar-refractivity contribution in [3.05, 3.63) is 11.3 Å². The molecule has 0 aliphatic heterocycles. The van der Waals surface area contributed by atoms with E-state index in [-0.39, 0.29) is 0 Å². The normalized spacial score (nSPS) is 13.4. The highest BCUT2D eigenvalue weighted by atomic mass is 35.5. The first kappa shape index (κ1) is 15.7. The Bertz CT molecular complexity index is 352. The summed E-state index contributed by atoms with van der Waals surface area (Å²) < 4.78 is 49.8. The van der Waals surface area contributed by atoms with E-state index in [0.29, 0.717) is 4.90 Å². The molecular weight excluding hydrogens is 270 g/mol. The van der Waals surface area contributed by atoms with E-state index in [9.17, 15) is 32.3 Å². The van der Waals surface area contributed by atoms with E-state index in [1.807, 2.05) is 0 Å². The zero-order chi connectivity index (χ0) is 14.0. The summed E-state index contributed by atoms with van der Waals surface area (Å²) in [5, 5.41) is 5.90. The lowest BCUT2D eigenvalue weighted by molar-refractivity contribution is -0.299. The summed E-state index contributed by atoms with van der Waals surface area (Å²) >= 11 is 4.30. The minimum absolute atomic E-state index is 0.524. The SMILES string of the molecule is CN(C)C(=C(C(=O)[O-])C(=O)C(F)(F)Cl)C(F)F. The van der Waals surface area contributed by atoms with Crippen LogP contribution in [0.15, 0.2) is 11.3 Å². The number of halogens is 5. The number of allylic oxidation sites excluding steroid dienone is 1. The van der Waals surface area contributed by atoms with Crippen LogP contribution in [-0.4, -0.2) is 42.6 Å². The quantitative estimate of drug-likeness (QED) is 0.237. The third kappa shape index (κ3) is 3.88. The summed E-state index contributed by atoms with van der Waals surface area (Å²) in [6.07, 6.45) is -3.44. The first-order valence-electron chi connectivity index (χ1n) is 4.02. The summed E-state index contributed by atoms with van der Waals surface area (Å²) in [5.74, 6) is -4.89. The summed E-state index contributed by atoms with van der Waals surface area (Å²) in [7, 11) is 1.92. The van der Waals surface area contributed by atoms with Gasteiger partial charge in [0.25, 0.3) is 12.2 Å². The highest BCUT2D eigenvalue weighted by molar-refractivity contribution is 6.38. The zero-order valence-electron chi connectivity index (χ0n) is 8.64. The predicted octanol–water partition coefficient (Wildman–Crippen LogP) is 0.218. The second-order valence-electron chi connectivity index (χ2n) is 3.07. The van der Waals surface area contributed by atoms with Crippen molar-refractivity contribution < 1.29 is 32.3 Å². The van der Waals surface area contributed by atoms with Crippen LogP contribution in [0.5, 0.6) is 0 Å². The lowest BCUT2D eigenvalue weighted by Crippen LogP contribution is -2.39. The molecule has 0 amide bonds. The molecular formula is C8H7ClF4NO3-. The van der Waals surface area contributed by atoms with Crippen LogP contribution in [0.1, 0.15) is 0 Å².